The van der Waals surface area contributed by atoms with Gasteiger partial charge in [-0.2, -0.15) is 0 Å². The summed E-state index contributed by atoms with van der Waals surface area (Å²) >= 11 is 0. The number of hydrogen-bond donors (Lipinski definition) is 4. The van der Waals surface area contributed by atoms with Crippen molar-refractivity contribution in [2.75, 3.05) is 0 Å². The second-order valence-corrected chi connectivity index (χ2v) is 10.4. The molecular formula is C31H50O4. The molecule has 4 unspecified atom stereocenters. The standard InChI is InChI=1S/C16H26O2.C15H24O2/c1-4-5-6-7-8-12(2)13(3)14-9-15(17)11-16(18)10-14;1-4-5-6-7-11(2)12(3)13-8-14(16)10-15(17)9-13/h9-13,17-18H,4-8H2,1-3H3;8-12,16-17H,4-7H2,1-3H3. The molecule has 0 aromatic heterocycles. The molecule has 0 spiro atoms. The van der Waals surface area contributed by atoms with Crippen molar-refractivity contribution in [3.8, 4) is 23.0 Å². The zero-order chi connectivity index (χ0) is 26.4. The molecule has 0 saturated carbocycles. The van der Waals surface area contributed by atoms with Gasteiger partial charge in [-0.05, 0) is 59.1 Å². The predicted molar refractivity (Wildman–Crippen MR) is 148 cm³/mol. The fourth-order valence-corrected chi connectivity index (χ4v) is 4.53. The van der Waals surface area contributed by atoms with Crippen molar-refractivity contribution in [2.45, 2.75) is 111 Å². The maximum atomic E-state index is 9.51. The van der Waals surface area contributed by atoms with Crippen molar-refractivity contribution >= 4 is 0 Å². The lowest BCUT2D eigenvalue weighted by Crippen LogP contribution is -2.06. The van der Waals surface area contributed by atoms with Crippen LogP contribution in [0.25, 0.3) is 0 Å². The molecule has 0 saturated heterocycles. The largest absolute Gasteiger partial charge is 0.508 e. The van der Waals surface area contributed by atoms with E-state index in [0.717, 1.165) is 11.1 Å². The lowest BCUT2D eigenvalue weighted by Gasteiger charge is -2.20. The average Bonchev–Trinajstić information content (AvgIpc) is 2.80. The topological polar surface area (TPSA) is 80.9 Å². The van der Waals surface area contributed by atoms with E-state index in [1.165, 1.54) is 69.9 Å². The highest BCUT2D eigenvalue weighted by atomic mass is 16.3. The van der Waals surface area contributed by atoms with Crippen LogP contribution in [0.5, 0.6) is 23.0 Å². The second kappa shape index (κ2) is 16.3. The van der Waals surface area contributed by atoms with E-state index in [2.05, 4.69) is 41.5 Å². The van der Waals surface area contributed by atoms with Crippen LogP contribution in [0.2, 0.25) is 0 Å². The van der Waals surface area contributed by atoms with E-state index in [1.807, 2.05) is 0 Å². The van der Waals surface area contributed by atoms with Crippen LogP contribution in [0.3, 0.4) is 0 Å². The van der Waals surface area contributed by atoms with Gasteiger partial charge in [0.15, 0.2) is 0 Å². The van der Waals surface area contributed by atoms with Crippen molar-refractivity contribution < 1.29 is 20.4 Å². The minimum Gasteiger partial charge on any atom is -0.508 e. The summed E-state index contributed by atoms with van der Waals surface area (Å²) < 4.78 is 0. The van der Waals surface area contributed by atoms with Crippen LogP contribution in [-0.2, 0) is 0 Å². The molecule has 4 nitrogen and oxygen atoms in total. The van der Waals surface area contributed by atoms with Gasteiger partial charge in [0.1, 0.15) is 23.0 Å². The van der Waals surface area contributed by atoms with Crippen LogP contribution in [-0.4, -0.2) is 20.4 Å². The Morgan fingerprint density at radius 2 is 0.800 bits per heavy atom. The van der Waals surface area contributed by atoms with E-state index < -0.39 is 0 Å². The van der Waals surface area contributed by atoms with Crippen LogP contribution in [0.15, 0.2) is 36.4 Å². The first kappa shape index (κ1) is 30.7. The second-order valence-electron chi connectivity index (χ2n) is 10.4. The number of hydrogen-bond acceptors (Lipinski definition) is 4. The molecule has 4 atom stereocenters. The summed E-state index contributed by atoms with van der Waals surface area (Å²) in [5.41, 5.74) is 2.04. The van der Waals surface area contributed by atoms with Gasteiger partial charge in [0, 0.05) is 12.1 Å². The summed E-state index contributed by atoms with van der Waals surface area (Å²) in [5, 5.41) is 38.0. The monoisotopic (exact) mass is 486 g/mol. The Hall–Kier alpha value is -2.36. The van der Waals surface area contributed by atoms with Gasteiger partial charge in [0.2, 0.25) is 0 Å². The van der Waals surface area contributed by atoms with Crippen molar-refractivity contribution in [1.82, 2.24) is 0 Å². The van der Waals surface area contributed by atoms with E-state index in [1.54, 1.807) is 24.3 Å². The van der Waals surface area contributed by atoms with E-state index in [9.17, 15) is 20.4 Å². The summed E-state index contributed by atoms with van der Waals surface area (Å²) in [6, 6.07) is 9.77. The first-order valence-electron chi connectivity index (χ1n) is 13.6. The van der Waals surface area contributed by atoms with Crippen LogP contribution in [0.4, 0.5) is 0 Å². The van der Waals surface area contributed by atoms with Crippen molar-refractivity contribution in [1.29, 1.82) is 0 Å². The van der Waals surface area contributed by atoms with Gasteiger partial charge < -0.3 is 20.4 Å². The van der Waals surface area contributed by atoms with Gasteiger partial charge >= 0.3 is 0 Å². The molecule has 0 heterocycles. The average molecular weight is 487 g/mol. The third-order valence-electron chi connectivity index (χ3n) is 7.38. The third kappa shape index (κ3) is 11.7. The normalized spacial score (nSPS) is 14.5. The summed E-state index contributed by atoms with van der Waals surface area (Å²) in [7, 11) is 0. The lowest BCUT2D eigenvalue weighted by atomic mass is 9.85. The summed E-state index contributed by atoms with van der Waals surface area (Å²) in [4.78, 5) is 0. The fourth-order valence-electron chi connectivity index (χ4n) is 4.53. The highest BCUT2D eigenvalue weighted by Crippen LogP contribution is 2.33. The van der Waals surface area contributed by atoms with Gasteiger partial charge in [0.05, 0.1) is 0 Å². The molecule has 2 rings (SSSR count). The van der Waals surface area contributed by atoms with E-state index in [4.69, 9.17) is 0 Å². The summed E-state index contributed by atoms with van der Waals surface area (Å²) in [6.45, 7) is 13.2. The fraction of sp³-hybridized carbons (Fsp3) is 0.613. The maximum absolute atomic E-state index is 9.51. The Morgan fingerprint density at radius 1 is 0.486 bits per heavy atom. The number of unbranched alkanes of at least 4 members (excludes halogenated alkanes) is 5. The Kier molecular flexibility index (Phi) is 14.3. The molecule has 2 aromatic rings. The van der Waals surface area contributed by atoms with Crippen LogP contribution < -0.4 is 0 Å². The Labute approximate surface area is 214 Å². The molecule has 35 heavy (non-hydrogen) atoms. The summed E-state index contributed by atoms with van der Waals surface area (Å²) in [6.07, 6.45) is 11.3. The zero-order valence-electron chi connectivity index (χ0n) is 22.9. The maximum Gasteiger partial charge on any atom is 0.119 e. The molecule has 198 valence electrons. The van der Waals surface area contributed by atoms with E-state index >= 15 is 0 Å². The first-order chi connectivity index (χ1) is 16.6. The number of rotatable bonds is 13. The third-order valence-corrected chi connectivity index (χ3v) is 7.38. The van der Waals surface area contributed by atoms with Crippen molar-refractivity contribution in [2.24, 2.45) is 11.8 Å². The molecule has 4 heteroatoms. The van der Waals surface area contributed by atoms with Gasteiger partial charge in [-0.3, -0.25) is 0 Å². The van der Waals surface area contributed by atoms with Crippen LogP contribution in [0, 0.1) is 11.8 Å². The number of phenols is 4. The SMILES string of the molecule is CCCCCC(C)C(C)c1cc(O)cc(O)c1.CCCCCCC(C)C(C)c1cc(O)cc(O)c1. The number of benzene rings is 2. The van der Waals surface area contributed by atoms with Gasteiger partial charge in [-0.25, -0.2) is 0 Å². The van der Waals surface area contributed by atoms with E-state index in [0.29, 0.717) is 23.7 Å². The zero-order valence-corrected chi connectivity index (χ0v) is 22.9. The summed E-state index contributed by atoms with van der Waals surface area (Å²) in [5.74, 6) is 2.46. The predicted octanol–water partition coefficient (Wildman–Crippen LogP) is 9.23. The molecule has 0 bridgehead atoms. The molecule has 0 aliphatic carbocycles. The van der Waals surface area contributed by atoms with Gasteiger partial charge in [-0.15, -0.1) is 0 Å². The molecular weight excluding hydrogens is 436 g/mol. The quantitative estimate of drug-likeness (QED) is 0.213. The van der Waals surface area contributed by atoms with Crippen molar-refractivity contribution in [3.05, 3.63) is 47.5 Å². The van der Waals surface area contributed by atoms with E-state index in [-0.39, 0.29) is 23.0 Å². The first-order valence-corrected chi connectivity index (χ1v) is 13.6. The minimum atomic E-state index is 0.146. The molecule has 4 N–H and O–H groups in total. The Morgan fingerprint density at radius 3 is 1.14 bits per heavy atom. The molecule has 2 aromatic carbocycles. The highest BCUT2D eigenvalue weighted by Gasteiger charge is 2.16. The Bertz CT molecular complexity index is 807. The minimum absolute atomic E-state index is 0.146. The molecule has 0 aliphatic heterocycles. The molecule has 0 fully saturated rings. The van der Waals surface area contributed by atoms with Crippen LogP contribution in [0.1, 0.15) is 122 Å². The van der Waals surface area contributed by atoms with Gasteiger partial charge in [-0.1, -0.05) is 99.3 Å². The number of aromatic hydroxyl groups is 4. The van der Waals surface area contributed by atoms with Gasteiger partial charge in [0.25, 0.3) is 0 Å². The van der Waals surface area contributed by atoms with Crippen LogP contribution >= 0.6 is 0 Å². The highest BCUT2D eigenvalue weighted by molar-refractivity contribution is 5.39. The van der Waals surface area contributed by atoms with Crippen molar-refractivity contribution in [3.63, 3.8) is 0 Å². The smallest absolute Gasteiger partial charge is 0.119 e. The lowest BCUT2D eigenvalue weighted by molar-refractivity contribution is 0.418. The molecule has 0 amide bonds. The molecule has 0 aliphatic rings. The Balaban J connectivity index is 0.000000351. The number of phenolic OH excluding ortho intramolecular Hbond substituents is 4. The molecule has 0 radical (unpaired) electrons.